The van der Waals surface area contributed by atoms with E-state index in [4.69, 9.17) is 11.6 Å². The minimum atomic E-state index is -0.779. The summed E-state index contributed by atoms with van der Waals surface area (Å²) in [6.45, 7) is 1.55. The van der Waals surface area contributed by atoms with Gasteiger partial charge in [-0.1, -0.05) is 35.9 Å². The van der Waals surface area contributed by atoms with Gasteiger partial charge in [-0.05, 0) is 43.7 Å². The fourth-order valence-corrected chi connectivity index (χ4v) is 2.28. The highest BCUT2D eigenvalue weighted by Gasteiger charge is 2.18. The molecule has 0 spiro atoms. The van der Waals surface area contributed by atoms with E-state index in [1.54, 1.807) is 38.2 Å². The van der Waals surface area contributed by atoms with Crippen LogP contribution in [0.1, 0.15) is 22.7 Å². The van der Waals surface area contributed by atoms with Crippen LogP contribution in [0.5, 0.6) is 0 Å². The van der Waals surface area contributed by atoms with Gasteiger partial charge < -0.3 is 5.32 Å². The van der Waals surface area contributed by atoms with E-state index in [9.17, 15) is 8.78 Å². The minimum Gasteiger partial charge on any atom is -0.313 e. The first-order valence-corrected chi connectivity index (χ1v) is 6.77. The third kappa shape index (κ3) is 3.17. The lowest BCUT2D eigenvalue weighted by atomic mass is 9.97. The molecule has 0 radical (unpaired) electrons. The van der Waals surface area contributed by atoms with Gasteiger partial charge in [0.05, 0.1) is 0 Å². The first-order chi connectivity index (χ1) is 9.52. The average Bonchev–Trinajstić information content (AvgIpc) is 2.45. The third-order valence-electron chi connectivity index (χ3n) is 3.38. The Hall–Kier alpha value is -1.45. The second kappa shape index (κ2) is 6.33. The van der Waals surface area contributed by atoms with Crippen LogP contribution in [-0.2, 0) is 6.42 Å². The second-order valence-electron chi connectivity index (χ2n) is 4.77. The zero-order valence-electron chi connectivity index (χ0n) is 11.4. The van der Waals surface area contributed by atoms with Gasteiger partial charge in [0.2, 0.25) is 0 Å². The Morgan fingerprint density at radius 3 is 2.30 bits per heavy atom. The van der Waals surface area contributed by atoms with Crippen molar-refractivity contribution in [3.05, 3.63) is 69.7 Å². The van der Waals surface area contributed by atoms with Crippen LogP contribution in [-0.4, -0.2) is 7.05 Å². The molecule has 0 aliphatic rings. The van der Waals surface area contributed by atoms with Gasteiger partial charge in [-0.3, -0.25) is 0 Å². The zero-order valence-corrected chi connectivity index (χ0v) is 12.1. The smallest absolute Gasteiger partial charge is 0.163 e. The maximum Gasteiger partial charge on any atom is 0.163 e. The van der Waals surface area contributed by atoms with Crippen LogP contribution in [0.25, 0.3) is 0 Å². The highest BCUT2D eigenvalue weighted by molar-refractivity contribution is 6.30. The molecule has 0 bridgehead atoms. The Labute approximate surface area is 122 Å². The summed E-state index contributed by atoms with van der Waals surface area (Å²) < 4.78 is 27.7. The monoisotopic (exact) mass is 295 g/mol. The van der Waals surface area contributed by atoms with E-state index in [0.29, 0.717) is 22.6 Å². The van der Waals surface area contributed by atoms with E-state index < -0.39 is 11.6 Å². The lowest BCUT2D eigenvalue weighted by Crippen LogP contribution is -2.20. The summed E-state index contributed by atoms with van der Waals surface area (Å²) in [6, 6.07) is 10.3. The molecule has 2 aromatic rings. The van der Waals surface area contributed by atoms with Crippen LogP contribution < -0.4 is 5.32 Å². The van der Waals surface area contributed by atoms with Gasteiger partial charge in [-0.25, -0.2) is 8.78 Å². The van der Waals surface area contributed by atoms with Gasteiger partial charge in [0.15, 0.2) is 11.6 Å². The Morgan fingerprint density at radius 1 is 1.05 bits per heavy atom. The Balaban J connectivity index is 2.29. The number of benzene rings is 2. The van der Waals surface area contributed by atoms with Gasteiger partial charge in [-0.15, -0.1) is 0 Å². The Kier molecular flexibility index (Phi) is 4.73. The predicted octanol–water partition coefficient (Wildman–Crippen LogP) is 4.43. The van der Waals surface area contributed by atoms with Crippen LogP contribution >= 0.6 is 11.6 Å². The van der Waals surface area contributed by atoms with Crippen molar-refractivity contribution in [2.24, 2.45) is 0 Å². The predicted molar refractivity (Wildman–Crippen MR) is 78.1 cm³/mol. The van der Waals surface area contributed by atoms with Crippen molar-refractivity contribution in [3.63, 3.8) is 0 Å². The molecule has 1 atom stereocenters. The Bertz CT molecular complexity index is 596. The van der Waals surface area contributed by atoms with E-state index in [1.807, 2.05) is 12.1 Å². The molecule has 4 heteroatoms. The lowest BCUT2D eigenvalue weighted by Gasteiger charge is -2.18. The number of halogens is 3. The summed E-state index contributed by atoms with van der Waals surface area (Å²) in [5.41, 5.74) is 1.66. The normalized spacial score (nSPS) is 12.4. The number of hydrogen-bond acceptors (Lipinski definition) is 1. The standard InChI is InChI=1S/C16H16ClF2N/c1-10-3-8-13(16(19)15(10)18)14(20-2)9-11-4-6-12(17)7-5-11/h3-8,14,20H,9H2,1-2H3. The van der Waals surface area contributed by atoms with Gasteiger partial charge >= 0.3 is 0 Å². The van der Waals surface area contributed by atoms with Crippen molar-refractivity contribution in [2.75, 3.05) is 7.05 Å². The molecular weight excluding hydrogens is 280 g/mol. The molecule has 0 aromatic heterocycles. The number of likely N-dealkylation sites (N-methyl/N-ethyl adjacent to an activating group) is 1. The summed E-state index contributed by atoms with van der Waals surface area (Å²) in [4.78, 5) is 0. The van der Waals surface area contributed by atoms with Crippen LogP contribution in [0.15, 0.2) is 36.4 Å². The molecule has 0 heterocycles. The number of aryl methyl sites for hydroxylation is 1. The van der Waals surface area contributed by atoms with Crippen molar-refractivity contribution in [1.82, 2.24) is 5.32 Å². The molecule has 1 N–H and O–H groups in total. The van der Waals surface area contributed by atoms with Gasteiger partial charge in [0, 0.05) is 16.6 Å². The number of nitrogens with one attached hydrogen (secondary N) is 1. The third-order valence-corrected chi connectivity index (χ3v) is 3.63. The van der Waals surface area contributed by atoms with E-state index in [1.165, 1.54) is 0 Å². The molecule has 106 valence electrons. The summed E-state index contributed by atoms with van der Waals surface area (Å²) in [6.07, 6.45) is 0.563. The van der Waals surface area contributed by atoms with Crippen molar-refractivity contribution in [3.8, 4) is 0 Å². The summed E-state index contributed by atoms with van der Waals surface area (Å²) in [7, 11) is 1.73. The largest absolute Gasteiger partial charge is 0.313 e. The van der Waals surface area contributed by atoms with E-state index in [0.717, 1.165) is 5.56 Å². The summed E-state index contributed by atoms with van der Waals surface area (Å²) in [5, 5.41) is 3.68. The van der Waals surface area contributed by atoms with Crippen LogP contribution in [0, 0.1) is 18.6 Å². The maximum absolute atomic E-state index is 14.0. The van der Waals surface area contributed by atoms with Crippen molar-refractivity contribution < 1.29 is 8.78 Å². The van der Waals surface area contributed by atoms with Crippen molar-refractivity contribution in [1.29, 1.82) is 0 Å². The number of rotatable bonds is 4. The highest BCUT2D eigenvalue weighted by atomic mass is 35.5. The first-order valence-electron chi connectivity index (χ1n) is 6.39. The minimum absolute atomic E-state index is 0.286. The van der Waals surface area contributed by atoms with E-state index in [2.05, 4.69) is 5.32 Å². The molecule has 20 heavy (non-hydrogen) atoms. The van der Waals surface area contributed by atoms with E-state index in [-0.39, 0.29) is 6.04 Å². The van der Waals surface area contributed by atoms with Crippen LogP contribution in [0.2, 0.25) is 5.02 Å². The average molecular weight is 296 g/mol. The van der Waals surface area contributed by atoms with Crippen LogP contribution in [0.3, 0.4) is 0 Å². The maximum atomic E-state index is 14.0. The second-order valence-corrected chi connectivity index (χ2v) is 5.21. The molecule has 0 amide bonds. The molecule has 2 rings (SSSR count). The molecule has 0 aliphatic heterocycles. The zero-order chi connectivity index (χ0) is 14.7. The fraction of sp³-hybridized carbons (Fsp3) is 0.250. The molecule has 0 saturated heterocycles. The molecule has 2 aromatic carbocycles. The molecule has 1 nitrogen and oxygen atoms in total. The lowest BCUT2D eigenvalue weighted by molar-refractivity contribution is 0.469. The van der Waals surface area contributed by atoms with Gasteiger partial charge in [0.1, 0.15) is 0 Å². The highest BCUT2D eigenvalue weighted by Crippen LogP contribution is 2.25. The Morgan fingerprint density at radius 2 is 1.70 bits per heavy atom. The molecule has 0 fully saturated rings. The van der Waals surface area contributed by atoms with Gasteiger partial charge in [0.25, 0.3) is 0 Å². The number of hydrogen-bond donors (Lipinski definition) is 1. The topological polar surface area (TPSA) is 12.0 Å². The van der Waals surface area contributed by atoms with Crippen LogP contribution in [0.4, 0.5) is 8.78 Å². The SMILES string of the molecule is CNC(Cc1ccc(Cl)cc1)c1ccc(C)c(F)c1F. The summed E-state index contributed by atoms with van der Waals surface area (Å²) >= 11 is 5.84. The fourth-order valence-electron chi connectivity index (χ4n) is 2.15. The molecule has 0 aliphatic carbocycles. The van der Waals surface area contributed by atoms with Crippen molar-refractivity contribution in [2.45, 2.75) is 19.4 Å². The van der Waals surface area contributed by atoms with Crippen molar-refractivity contribution >= 4 is 11.6 Å². The van der Waals surface area contributed by atoms with Gasteiger partial charge in [-0.2, -0.15) is 0 Å². The summed E-state index contributed by atoms with van der Waals surface area (Å²) in [5.74, 6) is -1.56. The van der Waals surface area contributed by atoms with E-state index >= 15 is 0 Å². The quantitative estimate of drug-likeness (QED) is 0.880. The molecule has 1 unspecified atom stereocenters. The molecular formula is C16H16ClF2N. The molecule has 0 saturated carbocycles. The first kappa shape index (κ1) is 14.9.